The zero-order valence-corrected chi connectivity index (χ0v) is 18.4. The maximum Gasteiger partial charge on any atom is 0.267 e. The molecule has 158 valence electrons. The van der Waals surface area contributed by atoms with Gasteiger partial charge in [0.05, 0.1) is 10.6 Å². The third-order valence-electron chi connectivity index (χ3n) is 5.16. The summed E-state index contributed by atoms with van der Waals surface area (Å²) >= 11 is 1.35. The Labute approximate surface area is 185 Å². The summed E-state index contributed by atoms with van der Waals surface area (Å²) in [6.07, 6.45) is 2.56. The molecular formula is C25H23FN2O2S. The van der Waals surface area contributed by atoms with Crippen LogP contribution >= 0.6 is 11.8 Å². The summed E-state index contributed by atoms with van der Waals surface area (Å²) < 4.78 is 19.1. The molecular weight excluding hydrogens is 411 g/mol. The third kappa shape index (κ3) is 4.64. The topological polar surface area (TPSA) is 45.8 Å². The van der Waals surface area contributed by atoms with E-state index in [0.29, 0.717) is 21.6 Å². The molecule has 1 saturated heterocycles. The second-order valence-corrected chi connectivity index (χ2v) is 8.49. The normalized spacial score (nSPS) is 17.7. The first-order chi connectivity index (χ1) is 14.9. The molecule has 1 fully saturated rings. The molecule has 6 heteroatoms. The van der Waals surface area contributed by atoms with E-state index in [4.69, 9.17) is 9.41 Å². The molecule has 0 unspecified atom stereocenters. The van der Waals surface area contributed by atoms with Gasteiger partial charge in [-0.3, -0.25) is 9.69 Å². The summed E-state index contributed by atoms with van der Waals surface area (Å²) in [6, 6.07) is 17.7. The Hall–Kier alpha value is -3.12. The molecule has 0 saturated carbocycles. The summed E-state index contributed by atoms with van der Waals surface area (Å²) in [5.74, 6) is 0.812. The van der Waals surface area contributed by atoms with Gasteiger partial charge < -0.3 is 4.42 Å². The average molecular weight is 435 g/mol. The van der Waals surface area contributed by atoms with Crippen LogP contribution in [0.3, 0.4) is 0 Å². The number of furan rings is 1. The van der Waals surface area contributed by atoms with Crippen LogP contribution < -0.4 is 0 Å². The fourth-order valence-corrected chi connectivity index (χ4v) is 4.26. The molecule has 0 N–H and O–H groups in total. The summed E-state index contributed by atoms with van der Waals surface area (Å²) in [7, 11) is 0. The highest BCUT2D eigenvalue weighted by Crippen LogP contribution is 2.36. The summed E-state index contributed by atoms with van der Waals surface area (Å²) in [4.78, 5) is 20.2. The predicted molar refractivity (Wildman–Crippen MR) is 125 cm³/mol. The number of amidine groups is 1. The molecule has 2 aromatic carbocycles. The van der Waals surface area contributed by atoms with Crippen LogP contribution in [0.1, 0.15) is 31.6 Å². The van der Waals surface area contributed by atoms with Crippen molar-refractivity contribution >= 4 is 34.6 Å². The molecule has 2 heterocycles. The van der Waals surface area contributed by atoms with Gasteiger partial charge >= 0.3 is 0 Å². The van der Waals surface area contributed by atoms with Gasteiger partial charge in [-0.05, 0) is 80.6 Å². The molecule has 0 bridgehead atoms. The van der Waals surface area contributed by atoms with Crippen molar-refractivity contribution in [1.82, 2.24) is 4.90 Å². The minimum atomic E-state index is -0.295. The second-order valence-electron chi connectivity index (χ2n) is 7.48. The van der Waals surface area contributed by atoms with Gasteiger partial charge in [-0.1, -0.05) is 24.6 Å². The van der Waals surface area contributed by atoms with Gasteiger partial charge in [-0.15, -0.1) is 0 Å². The minimum Gasteiger partial charge on any atom is -0.457 e. The van der Waals surface area contributed by atoms with E-state index >= 15 is 0 Å². The second kappa shape index (κ2) is 8.94. The number of hydrogen-bond donors (Lipinski definition) is 0. The molecule has 0 spiro atoms. The molecule has 0 radical (unpaired) electrons. The molecule has 3 aromatic rings. The first-order valence-corrected chi connectivity index (χ1v) is 11.0. The smallest absolute Gasteiger partial charge is 0.267 e. The zero-order chi connectivity index (χ0) is 22.0. The van der Waals surface area contributed by atoms with Gasteiger partial charge in [-0.25, -0.2) is 9.38 Å². The highest BCUT2D eigenvalue weighted by Gasteiger charge is 2.36. The van der Waals surface area contributed by atoms with Crippen LogP contribution in [0.5, 0.6) is 0 Å². The number of carbonyl (C=O) groups excluding carboxylic acids is 1. The number of thioether (sulfide) groups is 1. The van der Waals surface area contributed by atoms with Gasteiger partial charge in [0.1, 0.15) is 17.3 Å². The molecule has 0 aliphatic carbocycles. The quantitative estimate of drug-likeness (QED) is 0.415. The Balaban J connectivity index is 1.64. The van der Waals surface area contributed by atoms with E-state index in [1.165, 1.54) is 23.9 Å². The van der Waals surface area contributed by atoms with E-state index in [2.05, 4.69) is 6.92 Å². The fraction of sp³-hybridized carbons (Fsp3) is 0.200. The molecule has 4 rings (SSSR count). The average Bonchev–Trinajstić information content (AvgIpc) is 3.35. The number of nitrogens with zero attached hydrogens (tertiary/aromatic N) is 2. The van der Waals surface area contributed by atoms with E-state index in [9.17, 15) is 9.18 Å². The van der Waals surface area contributed by atoms with Crippen molar-refractivity contribution in [1.29, 1.82) is 0 Å². The minimum absolute atomic E-state index is 0.0291. The lowest BCUT2D eigenvalue weighted by Crippen LogP contribution is -2.36. The monoisotopic (exact) mass is 434 g/mol. The van der Waals surface area contributed by atoms with Crippen LogP contribution in [0.2, 0.25) is 0 Å². The maximum atomic E-state index is 13.2. The van der Waals surface area contributed by atoms with Gasteiger partial charge in [0.2, 0.25) is 0 Å². The number of hydrogen-bond acceptors (Lipinski definition) is 4. The zero-order valence-electron chi connectivity index (χ0n) is 17.6. The highest BCUT2D eigenvalue weighted by molar-refractivity contribution is 8.18. The third-order valence-corrected chi connectivity index (χ3v) is 6.14. The van der Waals surface area contributed by atoms with Crippen molar-refractivity contribution in [2.75, 3.05) is 0 Å². The van der Waals surface area contributed by atoms with E-state index in [1.54, 1.807) is 23.1 Å². The lowest BCUT2D eigenvalue weighted by Gasteiger charge is -2.22. The Kier molecular flexibility index (Phi) is 6.09. The van der Waals surface area contributed by atoms with Crippen LogP contribution in [0.25, 0.3) is 17.4 Å². The van der Waals surface area contributed by atoms with Crippen molar-refractivity contribution in [2.24, 2.45) is 4.99 Å². The standard InChI is InChI=1S/C25H23FN2O2S/c1-4-17(3)28-24(29)23(31-25(28)27-20-11-5-16(2)6-12-20)15-21-13-14-22(30-21)18-7-9-19(26)10-8-18/h5-15,17H,4H2,1-3H3/b23-15+,27-25?/t17-/m1/s1. The molecule has 1 atom stereocenters. The van der Waals surface area contributed by atoms with E-state index in [0.717, 1.165) is 23.2 Å². The Morgan fingerprint density at radius 2 is 1.81 bits per heavy atom. The van der Waals surface area contributed by atoms with E-state index in [1.807, 2.05) is 50.2 Å². The van der Waals surface area contributed by atoms with E-state index < -0.39 is 0 Å². The lowest BCUT2D eigenvalue weighted by molar-refractivity contribution is -0.123. The van der Waals surface area contributed by atoms with Crippen molar-refractivity contribution in [3.05, 3.63) is 82.7 Å². The Morgan fingerprint density at radius 3 is 2.48 bits per heavy atom. The van der Waals surface area contributed by atoms with Crippen LogP contribution in [0, 0.1) is 12.7 Å². The predicted octanol–water partition coefficient (Wildman–Crippen LogP) is 6.80. The van der Waals surface area contributed by atoms with Crippen LogP contribution in [-0.2, 0) is 4.79 Å². The van der Waals surface area contributed by atoms with Gasteiger partial charge in [0.15, 0.2) is 5.17 Å². The number of aliphatic imine (C=N–C) groups is 1. The number of aryl methyl sites for hydroxylation is 1. The molecule has 4 nitrogen and oxygen atoms in total. The number of carbonyl (C=O) groups is 1. The van der Waals surface area contributed by atoms with Crippen LogP contribution in [0.4, 0.5) is 10.1 Å². The number of halogens is 1. The summed E-state index contributed by atoms with van der Waals surface area (Å²) in [5.41, 5.74) is 2.75. The first-order valence-electron chi connectivity index (χ1n) is 10.2. The largest absolute Gasteiger partial charge is 0.457 e. The van der Waals surface area contributed by atoms with Crippen molar-refractivity contribution in [2.45, 2.75) is 33.2 Å². The van der Waals surface area contributed by atoms with E-state index in [-0.39, 0.29) is 17.8 Å². The van der Waals surface area contributed by atoms with Crippen molar-refractivity contribution in [3.63, 3.8) is 0 Å². The fourth-order valence-electron chi connectivity index (χ4n) is 3.19. The summed E-state index contributed by atoms with van der Waals surface area (Å²) in [5, 5.41) is 0.666. The van der Waals surface area contributed by atoms with Crippen molar-refractivity contribution in [3.8, 4) is 11.3 Å². The van der Waals surface area contributed by atoms with Crippen LogP contribution in [-0.4, -0.2) is 22.0 Å². The van der Waals surface area contributed by atoms with Crippen LogP contribution in [0.15, 0.2) is 75.0 Å². The summed E-state index contributed by atoms with van der Waals surface area (Å²) in [6.45, 7) is 6.10. The van der Waals surface area contributed by atoms with Gasteiger partial charge in [-0.2, -0.15) is 0 Å². The van der Waals surface area contributed by atoms with Gasteiger partial charge in [0.25, 0.3) is 5.91 Å². The highest BCUT2D eigenvalue weighted by atomic mass is 32.2. The number of benzene rings is 2. The lowest BCUT2D eigenvalue weighted by atomic mass is 10.2. The number of amides is 1. The number of rotatable bonds is 5. The molecule has 1 amide bonds. The Bertz CT molecular complexity index is 1150. The SMILES string of the molecule is CC[C@@H](C)N1C(=O)/C(=C\c2ccc(-c3ccc(F)cc3)o2)SC1=Nc1ccc(C)cc1. The maximum absolute atomic E-state index is 13.2. The molecule has 1 aliphatic heterocycles. The molecule has 1 aliphatic rings. The molecule has 1 aromatic heterocycles. The first kappa shape index (κ1) is 21.1. The van der Waals surface area contributed by atoms with Gasteiger partial charge in [0, 0.05) is 17.7 Å². The van der Waals surface area contributed by atoms with Crippen molar-refractivity contribution < 1.29 is 13.6 Å². The molecule has 31 heavy (non-hydrogen) atoms. The Morgan fingerprint density at radius 1 is 1.10 bits per heavy atom.